The van der Waals surface area contributed by atoms with Gasteiger partial charge in [0.1, 0.15) is 0 Å². The summed E-state index contributed by atoms with van der Waals surface area (Å²) < 4.78 is 0. The molecule has 1 aliphatic rings. The second kappa shape index (κ2) is 6.23. The van der Waals surface area contributed by atoms with Gasteiger partial charge in [0, 0.05) is 11.4 Å². The van der Waals surface area contributed by atoms with Crippen molar-refractivity contribution in [2.24, 2.45) is 5.84 Å². The minimum absolute atomic E-state index is 1.09. The van der Waals surface area contributed by atoms with Gasteiger partial charge in [-0.2, -0.15) is 10.4 Å². The summed E-state index contributed by atoms with van der Waals surface area (Å²) in [6, 6.07) is 39.1. The molecule has 3 heteroatoms. The van der Waals surface area contributed by atoms with E-state index in [4.69, 9.17) is 5.84 Å². The van der Waals surface area contributed by atoms with Gasteiger partial charge in [0.25, 0.3) is 0 Å². The van der Waals surface area contributed by atoms with Crippen LogP contribution in [-0.4, -0.2) is 8.07 Å². The molecule has 0 spiro atoms. The summed E-state index contributed by atoms with van der Waals surface area (Å²) in [6.07, 6.45) is 0. The van der Waals surface area contributed by atoms with Crippen molar-refractivity contribution in [2.75, 3.05) is 5.01 Å². The van der Waals surface area contributed by atoms with Gasteiger partial charge in [0.05, 0.1) is 0 Å². The number of anilines is 2. The third kappa shape index (κ3) is 2.22. The quantitative estimate of drug-likeness (QED) is 0.437. The van der Waals surface area contributed by atoms with Gasteiger partial charge in [-0.3, -0.25) is 5.01 Å². The molecule has 0 bridgehead atoms. The molecular formula is C24H20N2Si-. The molecule has 0 fully saturated rings. The van der Waals surface area contributed by atoms with E-state index < -0.39 is 8.07 Å². The molecule has 4 aromatic carbocycles. The number of rotatable bonds is 2. The zero-order chi connectivity index (χ0) is 18.3. The average molecular weight is 365 g/mol. The molecule has 0 unspecified atom stereocenters. The monoisotopic (exact) mass is 364 g/mol. The largest absolute Gasteiger partial charge is 0.285 e. The first-order valence-corrected chi connectivity index (χ1v) is 11.2. The van der Waals surface area contributed by atoms with Crippen molar-refractivity contribution >= 4 is 40.2 Å². The maximum absolute atomic E-state index is 6.59. The van der Waals surface area contributed by atoms with Crippen LogP contribution in [0.4, 0.5) is 11.4 Å². The zero-order valence-electron chi connectivity index (χ0n) is 14.9. The first-order chi connectivity index (χ1) is 13.3. The van der Waals surface area contributed by atoms with E-state index in [1.165, 1.54) is 20.7 Å². The van der Waals surface area contributed by atoms with Crippen LogP contribution in [0.25, 0.3) is 0 Å². The highest BCUT2D eigenvalue weighted by molar-refractivity contribution is 7.21. The van der Waals surface area contributed by atoms with Gasteiger partial charge in [-0.15, -0.1) is 10.4 Å². The van der Waals surface area contributed by atoms with Crippen LogP contribution in [0.3, 0.4) is 0 Å². The van der Waals surface area contributed by atoms with Crippen molar-refractivity contribution < 1.29 is 0 Å². The fraction of sp³-hybridized carbons (Fsp3) is 0. The molecule has 2 N–H and O–H groups in total. The van der Waals surface area contributed by atoms with Crippen LogP contribution in [0.1, 0.15) is 0 Å². The van der Waals surface area contributed by atoms with E-state index in [1.54, 1.807) is 0 Å². The van der Waals surface area contributed by atoms with Crippen LogP contribution >= 0.6 is 0 Å². The van der Waals surface area contributed by atoms with Crippen LogP contribution in [0.5, 0.6) is 0 Å². The van der Waals surface area contributed by atoms with E-state index >= 15 is 0 Å². The molecule has 0 saturated heterocycles. The van der Waals surface area contributed by atoms with E-state index in [9.17, 15) is 0 Å². The molecule has 4 aromatic rings. The molecule has 5 rings (SSSR count). The summed E-state index contributed by atoms with van der Waals surface area (Å²) in [5.41, 5.74) is 2.19. The normalized spacial score (nSPS) is 14.3. The molecule has 0 aromatic heterocycles. The van der Waals surface area contributed by atoms with E-state index in [1.807, 2.05) is 5.01 Å². The second-order valence-corrected chi connectivity index (χ2v) is 10.6. The fourth-order valence-electron chi connectivity index (χ4n) is 4.44. The Hall–Kier alpha value is -3.14. The maximum atomic E-state index is 6.59. The number of para-hydroxylation sites is 2. The Morgan fingerprint density at radius 2 is 0.852 bits per heavy atom. The molecule has 1 aliphatic heterocycles. The third-order valence-electron chi connectivity index (χ3n) is 5.55. The maximum Gasteiger partial charge on any atom is 0.0275 e. The van der Waals surface area contributed by atoms with Crippen molar-refractivity contribution in [3.8, 4) is 0 Å². The van der Waals surface area contributed by atoms with Gasteiger partial charge < -0.3 is 0 Å². The molecule has 0 aliphatic carbocycles. The van der Waals surface area contributed by atoms with Crippen LogP contribution in [0.2, 0.25) is 0 Å². The number of nitrogens with two attached hydrogens (primary N) is 1. The number of nitrogens with zero attached hydrogens (tertiary/aromatic N) is 1. The molecule has 0 saturated carbocycles. The Bertz CT molecular complexity index is 1000. The number of benzene rings is 4. The predicted molar refractivity (Wildman–Crippen MR) is 116 cm³/mol. The lowest BCUT2D eigenvalue weighted by atomic mass is 10.2. The Kier molecular flexibility index (Phi) is 3.71. The predicted octanol–water partition coefficient (Wildman–Crippen LogP) is 2.39. The fourth-order valence-corrected chi connectivity index (χ4v) is 9.56. The van der Waals surface area contributed by atoms with Crippen LogP contribution in [0.15, 0.2) is 109 Å². The number of hydrazine groups is 1. The minimum Gasteiger partial charge on any atom is -0.285 e. The van der Waals surface area contributed by atoms with Gasteiger partial charge >= 0.3 is 0 Å². The lowest BCUT2D eigenvalue weighted by Gasteiger charge is -2.53. The van der Waals surface area contributed by atoms with Crippen molar-refractivity contribution in [3.05, 3.63) is 109 Å². The van der Waals surface area contributed by atoms with E-state index in [0.29, 0.717) is 0 Å². The summed E-state index contributed by atoms with van der Waals surface area (Å²) in [6.45, 7) is 0. The SMILES string of the molecule is NN1c2ccccc2[Si-](c2ccccc2)(c2ccccc2)c2ccccc21. The molecule has 131 valence electrons. The smallest absolute Gasteiger partial charge is 0.0275 e. The van der Waals surface area contributed by atoms with E-state index in [2.05, 4.69) is 109 Å². The third-order valence-corrected chi connectivity index (χ3v) is 10.4. The van der Waals surface area contributed by atoms with Crippen LogP contribution in [-0.2, 0) is 0 Å². The highest BCUT2D eigenvalue weighted by Gasteiger charge is 2.36. The molecule has 0 atom stereocenters. The lowest BCUT2D eigenvalue weighted by Crippen LogP contribution is -2.77. The zero-order valence-corrected chi connectivity index (χ0v) is 15.9. The molecule has 0 radical (unpaired) electrons. The van der Waals surface area contributed by atoms with Crippen molar-refractivity contribution in [3.63, 3.8) is 0 Å². The Labute approximate surface area is 160 Å². The Morgan fingerprint density at radius 1 is 0.481 bits per heavy atom. The average Bonchev–Trinajstić information content (AvgIpc) is 2.76. The first kappa shape index (κ1) is 16.1. The summed E-state index contributed by atoms with van der Waals surface area (Å²) in [4.78, 5) is 0. The minimum atomic E-state index is -2.44. The first-order valence-electron chi connectivity index (χ1n) is 9.18. The summed E-state index contributed by atoms with van der Waals surface area (Å²) in [5.74, 6) is 6.59. The summed E-state index contributed by atoms with van der Waals surface area (Å²) in [7, 11) is -2.44. The van der Waals surface area contributed by atoms with Crippen LogP contribution in [0, 0.1) is 0 Å². The van der Waals surface area contributed by atoms with E-state index in [-0.39, 0.29) is 0 Å². The number of hydrogen-bond donors (Lipinski definition) is 1. The second-order valence-electron chi connectivity index (χ2n) is 6.89. The number of fused-ring (bicyclic) bond motifs is 2. The molecule has 0 amide bonds. The Morgan fingerprint density at radius 3 is 1.30 bits per heavy atom. The standard InChI is InChI=1S/C24H20N2Si/c25-26-21-15-7-9-17-23(21)27(19-11-3-1-4-12-19,20-13-5-2-6-14-20)24-18-10-8-16-22(24)26/h1-18H,25H2/q-1. The van der Waals surface area contributed by atoms with Crippen LogP contribution < -0.4 is 31.6 Å². The molecule has 27 heavy (non-hydrogen) atoms. The van der Waals surface area contributed by atoms with Gasteiger partial charge in [0.2, 0.25) is 0 Å². The highest BCUT2D eigenvalue weighted by Crippen LogP contribution is 2.28. The lowest BCUT2D eigenvalue weighted by molar-refractivity contribution is 1.09. The molecule has 2 nitrogen and oxygen atoms in total. The molecular weight excluding hydrogens is 344 g/mol. The van der Waals surface area contributed by atoms with Gasteiger partial charge in [-0.05, 0) is 20.2 Å². The molecule has 1 heterocycles. The van der Waals surface area contributed by atoms with Gasteiger partial charge in [0.15, 0.2) is 0 Å². The van der Waals surface area contributed by atoms with Crippen molar-refractivity contribution in [1.82, 2.24) is 0 Å². The van der Waals surface area contributed by atoms with Crippen molar-refractivity contribution in [2.45, 2.75) is 0 Å². The van der Waals surface area contributed by atoms with Crippen molar-refractivity contribution in [1.29, 1.82) is 0 Å². The topological polar surface area (TPSA) is 29.3 Å². The highest BCUT2D eigenvalue weighted by atomic mass is 28.3. The summed E-state index contributed by atoms with van der Waals surface area (Å²) >= 11 is 0. The van der Waals surface area contributed by atoms with Gasteiger partial charge in [-0.25, -0.2) is 5.84 Å². The van der Waals surface area contributed by atoms with Gasteiger partial charge in [-0.1, -0.05) is 97.1 Å². The Balaban J connectivity index is 1.99. The number of hydrogen-bond acceptors (Lipinski definition) is 2. The van der Waals surface area contributed by atoms with E-state index in [0.717, 1.165) is 11.4 Å². The summed E-state index contributed by atoms with van der Waals surface area (Å²) in [5, 5.41) is 7.28.